The molecule has 1 N–H and O–H groups in total. The molecule has 0 aliphatic carbocycles. The molecule has 1 aromatic carbocycles. The summed E-state index contributed by atoms with van der Waals surface area (Å²) in [6, 6.07) is 8.28. The number of hydrogen-bond donors (Lipinski definition) is 1. The van der Waals surface area contributed by atoms with Gasteiger partial charge in [0.15, 0.2) is 5.69 Å². The molecule has 0 saturated heterocycles. The third-order valence-electron chi connectivity index (χ3n) is 5.11. The highest BCUT2D eigenvalue weighted by molar-refractivity contribution is 6.15. The van der Waals surface area contributed by atoms with Gasteiger partial charge in [0.25, 0.3) is 0 Å². The van der Waals surface area contributed by atoms with Crippen LogP contribution in [0.15, 0.2) is 58.8 Å². The van der Waals surface area contributed by atoms with E-state index in [1.54, 1.807) is 18.0 Å². The number of hydrazone groups is 1. The number of rotatable bonds is 4. The maximum absolute atomic E-state index is 13.3. The Labute approximate surface area is 177 Å². The van der Waals surface area contributed by atoms with Gasteiger partial charge in [-0.25, -0.2) is 5.01 Å². The van der Waals surface area contributed by atoms with Gasteiger partial charge < -0.3 is 5.32 Å². The van der Waals surface area contributed by atoms with Gasteiger partial charge in [0, 0.05) is 23.9 Å². The number of carbonyl (C=O) groups excluding carboxylic acids is 1. The number of benzene rings is 1. The molecular weight excluding hydrogens is 407 g/mol. The SMILES string of the molecule is CCC(=O)Nc1cc(C2CN3N=C(c4cccnc4C(F)(F)F)C=CC3=N2)ccc1C. The Balaban J connectivity index is 1.60. The number of aliphatic imine (C=N–C) groups is 1. The lowest BCUT2D eigenvalue weighted by Crippen LogP contribution is -2.27. The van der Waals surface area contributed by atoms with Crippen molar-refractivity contribution in [1.82, 2.24) is 9.99 Å². The normalized spacial score (nSPS) is 17.8. The average molecular weight is 427 g/mol. The van der Waals surface area contributed by atoms with Crippen LogP contribution in [-0.4, -0.2) is 34.0 Å². The highest BCUT2D eigenvalue weighted by Gasteiger charge is 2.37. The first-order chi connectivity index (χ1) is 14.8. The van der Waals surface area contributed by atoms with Gasteiger partial charge in [-0.1, -0.05) is 19.1 Å². The first-order valence-electron chi connectivity index (χ1n) is 9.81. The molecule has 31 heavy (non-hydrogen) atoms. The molecule has 2 aliphatic rings. The molecule has 1 atom stereocenters. The second kappa shape index (κ2) is 7.98. The lowest BCUT2D eigenvalue weighted by Gasteiger charge is -2.20. The van der Waals surface area contributed by atoms with Crippen LogP contribution in [0, 0.1) is 6.92 Å². The zero-order chi connectivity index (χ0) is 22.2. The molecule has 0 bridgehead atoms. The van der Waals surface area contributed by atoms with E-state index in [0.717, 1.165) is 23.0 Å². The summed E-state index contributed by atoms with van der Waals surface area (Å²) in [5.74, 6) is 0.496. The Morgan fingerprint density at radius 3 is 2.81 bits per heavy atom. The number of hydrogen-bond acceptors (Lipinski definition) is 5. The van der Waals surface area contributed by atoms with Crippen molar-refractivity contribution in [3.05, 3.63) is 71.1 Å². The molecule has 0 fully saturated rings. The largest absolute Gasteiger partial charge is 0.434 e. The highest BCUT2D eigenvalue weighted by atomic mass is 19.4. The van der Waals surface area contributed by atoms with E-state index < -0.39 is 11.9 Å². The molecule has 160 valence electrons. The van der Waals surface area contributed by atoms with E-state index in [9.17, 15) is 18.0 Å². The number of nitrogens with one attached hydrogen (secondary N) is 1. The minimum atomic E-state index is -4.57. The number of amides is 1. The Morgan fingerprint density at radius 1 is 1.26 bits per heavy atom. The maximum atomic E-state index is 13.3. The average Bonchev–Trinajstić information content (AvgIpc) is 3.18. The van der Waals surface area contributed by atoms with Gasteiger partial charge >= 0.3 is 6.18 Å². The summed E-state index contributed by atoms with van der Waals surface area (Å²) >= 11 is 0. The summed E-state index contributed by atoms with van der Waals surface area (Å²) in [7, 11) is 0. The lowest BCUT2D eigenvalue weighted by molar-refractivity contribution is -0.141. The molecule has 0 radical (unpaired) electrons. The van der Waals surface area contributed by atoms with Crippen LogP contribution >= 0.6 is 0 Å². The second-order valence-electron chi connectivity index (χ2n) is 7.28. The van der Waals surface area contributed by atoms with E-state index in [2.05, 4.69) is 20.4 Å². The van der Waals surface area contributed by atoms with Crippen molar-refractivity contribution in [3.8, 4) is 0 Å². The van der Waals surface area contributed by atoms with Crippen LogP contribution < -0.4 is 5.32 Å². The lowest BCUT2D eigenvalue weighted by atomic mass is 10.0. The summed E-state index contributed by atoms with van der Waals surface area (Å²) in [6.07, 6.45) is 0.0930. The zero-order valence-electron chi connectivity index (χ0n) is 16.9. The van der Waals surface area contributed by atoms with E-state index in [-0.39, 0.29) is 23.2 Å². The molecule has 6 nitrogen and oxygen atoms in total. The zero-order valence-corrected chi connectivity index (χ0v) is 16.9. The standard InChI is InChI=1S/C22H20F3N5O/c1-3-20(31)28-17-11-14(7-6-13(17)2)18-12-30-19(27-18)9-8-16(29-30)15-5-4-10-26-21(15)22(23,24)25/h4-11,18H,3,12H2,1-2H3,(H,28,31). The molecule has 1 unspecified atom stereocenters. The number of carbonyl (C=O) groups is 1. The maximum Gasteiger partial charge on any atom is 0.434 e. The molecule has 9 heteroatoms. The molecule has 2 aromatic rings. The summed E-state index contributed by atoms with van der Waals surface area (Å²) in [4.78, 5) is 19.9. The van der Waals surface area contributed by atoms with Crippen LogP contribution in [0.1, 0.15) is 41.8 Å². The van der Waals surface area contributed by atoms with Gasteiger partial charge in [0.2, 0.25) is 5.91 Å². The number of alkyl halides is 3. The van der Waals surface area contributed by atoms with Crippen LogP contribution in [-0.2, 0) is 11.0 Å². The van der Waals surface area contributed by atoms with Crippen molar-refractivity contribution < 1.29 is 18.0 Å². The molecular formula is C22H20F3N5O. The third-order valence-corrected chi connectivity index (χ3v) is 5.11. The van der Waals surface area contributed by atoms with Crippen molar-refractivity contribution >= 4 is 23.1 Å². The molecule has 4 rings (SSSR count). The van der Waals surface area contributed by atoms with Crippen LogP contribution in [0.4, 0.5) is 18.9 Å². The van der Waals surface area contributed by atoms with Crippen molar-refractivity contribution in [2.24, 2.45) is 10.1 Å². The Kier molecular flexibility index (Phi) is 5.34. The number of fused-ring (bicyclic) bond motifs is 1. The number of nitrogens with zero attached hydrogens (tertiary/aromatic N) is 4. The van der Waals surface area contributed by atoms with Crippen molar-refractivity contribution in [3.63, 3.8) is 0 Å². The predicted octanol–water partition coefficient (Wildman–Crippen LogP) is 4.49. The fraction of sp³-hybridized carbons (Fsp3) is 0.273. The minimum Gasteiger partial charge on any atom is -0.326 e. The summed E-state index contributed by atoms with van der Waals surface area (Å²) < 4.78 is 40.0. The first kappa shape index (κ1) is 20.8. The van der Waals surface area contributed by atoms with Gasteiger partial charge in [0.05, 0.1) is 18.3 Å². The first-order valence-corrected chi connectivity index (χ1v) is 9.81. The molecule has 1 aromatic heterocycles. The van der Waals surface area contributed by atoms with E-state index in [4.69, 9.17) is 0 Å². The fourth-order valence-electron chi connectivity index (χ4n) is 3.44. The minimum absolute atomic E-state index is 0.0753. The second-order valence-corrected chi connectivity index (χ2v) is 7.28. The van der Waals surface area contributed by atoms with E-state index in [1.165, 1.54) is 18.2 Å². The van der Waals surface area contributed by atoms with Crippen LogP contribution in [0.3, 0.4) is 0 Å². The number of halogens is 3. The molecule has 0 spiro atoms. The molecule has 0 saturated carbocycles. The molecule has 3 heterocycles. The number of allylic oxidation sites excluding steroid dienone is 1. The van der Waals surface area contributed by atoms with Gasteiger partial charge in [-0.05, 0) is 48.4 Å². The van der Waals surface area contributed by atoms with Gasteiger partial charge in [0.1, 0.15) is 5.84 Å². The molecule has 2 aliphatic heterocycles. The molecule has 1 amide bonds. The van der Waals surface area contributed by atoms with Crippen LogP contribution in [0.5, 0.6) is 0 Å². The number of pyridine rings is 1. The van der Waals surface area contributed by atoms with Crippen molar-refractivity contribution in [2.45, 2.75) is 32.5 Å². The topological polar surface area (TPSA) is 70.0 Å². The monoisotopic (exact) mass is 427 g/mol. The Hall–Kier alpha value is -3.49. The van der Waals surface area contributed by atoms with Gasteiger partial charge in [-0.3, -0.25) is 14.8 Å². The Morgan fingerprint density at radius 2 is 2.06 bits per heavy atom. The summed E-state index contributed by atoms with van der Waals surface area (Å²) in [5, 5.41) is 8.86. The quantitative estimate of drug-likeness (QED) is 0.782. The van der Waals surface area contributed by atoms with Crippen LogP contribution in [0.25, 0.3) is 0 Å². The number of aryl methyl sites for hydroxylation is 1. The number of amidine groups is 1. The highest BCUT2D eigenvalue weighted by Crippen LogP contribution is 2.33. The predicted molar refractivity (Wildman–Crippen MR) is 112 cm³/mol. The Bertz CT molecular complexity index is 1120. The van der Waals surface area contributed by atoms with Crippen molar-refractivity contribution in [1.29, 1.82) is 0 Å². The van der Waals surface area contributed by atoms with E-state index in [1.807, 2.05) is 25.1 Å². The fourth-order valence-corrected chi connectivity index (χ4v) is 3.44. The summed E-state index contributed by atoms with van der Waals surface area (Å²) in [6.45, 7) is 4.07. The van der Waals surface area contributed by atoms with E-state index in [0.29, 0.717) is 18.8 Å². The summed E-state index contributed by atoms with van der Waals surface area (Å²) in [5.41, 5.74) is 1.68. The van der Waals surface area contributed by atoms with Gasteiger partial charge in [-0.2, -0.15) is 18.3 Å². The van der Waals surface area contributed by atoms with Crippen molar-refractivity contribution in [2.75, 3.05) is 11.9 Å². The number of anilines is 1. The smallest absolute Gasteiger partial charge is 0.326 e. The van der Waals surface area contributed by atoms with Gasteiger partial charge in [-0.15, -0.1) is 0 Å². The van der Waals surface area contributed by atoms with Crippen LogP contribution in [0.2, 0.25) is 0 Å². The third kappa shape index (κ3) is 4.21. The van der Waals surface area contributed by atoms with E-state index >= 15 is 0 Å². The number of aromatic nitrogens is 1.